The predicted molar refractivity (Wildman–Crippen MR) is 51.6 cm³/mol. The Kier molecular flexibility index (Phi) is 3.39. The summed E-state index contributed by atoms with van der Waals surface area (Å²) in [5.41, 5.74) is -0.809. The van der Waals surface area contributed by atoms with E-state index in [1.54, 1.807) is 28.7 Å². The molecule has 0 radical (unpaired) electrons. The van der Waals surface area contributed by atoms with Crippen molar-refractivity contribution in [2.75, 3.05) is 0 Å². The van der Waals surface area contributed by atoms with E-state index in [1.807, 2.05) is 0 Å². The molecule has 0 N–H and O–H groups in total. The monoisotopic (exact) mass is 314 g/mol. The van der Waals surface area contributed by atoms with Crippen molar-refractivity contribution in [2.24, 2.45) is 0 Å². The number of nitrogens with zero attached hydrogens (tertiary/aromatic N) is 2. The van der Waals surface area contributed by atoms with Gasteiger partial charge in [-0.1, -0.05) is 11.6 Å². The summed E-state index contributed by atoms with van der Waals surface area (Å²) in [6, 6.07) is 2.87. The van der Waals surface area contributed by atoms with Crippen LogP contribution in [0.15, 0.2) is 6.07 Å². The van der Waals surface area contributed by atoms with E-state index in [0.717, 1.165) is 0 Å². The lowest BCUT2D eigenvalue weighted by molar-refractivity contribution is 0.150. The van der Waals surface area contributed by atoms with Crippen molar-refractivity contribution in [1.29, 1.82) is 5.26 Å². The Morgan fingerprint density at radius 2 is 2.23 bits per heavy atom. The Morgan fingerprint density at radius 1 is 1.62 bits per heavy atom. The standard InChI is InChI=1S/C7H2ClF2IN2/c8-3-1-5(11)13-4(2-12)6(3)7(9)10/h1,7H. The van der Waals surface area contributed by atoms with Gasteiger partial charge in [0.2, 0.25) is 0 Å². The highest BCUT2D eigenvalue weighted by molar-refractivity contribution is 14.1. The summed E-state index contributed by atoms with van der Waals surface area (Å²) >= 11 is 7.34. The van der Waals surface area contributed by atoms with E-state index in [1.165, 1.54) is 6.07 Å². The van der Waals surface area contributed by atoms with Crippen molar-refractivity contribution < 1.29 is 8.78 Å². The third-order valence-corrected chi connectivity index (χ3v) is 2.17. The van der Waals surface area contributed by atoms with Gasteiger partial charge in [0, 0.05) is 0 Å². The molecule has 1 rings (SSSR count). The van der Waals surface area contributed by atoms with Crippen LogP contribution >= 0.6 is 34.2 Å². The molecule has 0 aliphatic heterocycles. The zero-order valence-electron chi connectivity index (χ0n) is 6.06. The minimum absolute atomic E-state index is 0.119. The number of alkyl halides is 2. The Hall–Kier alpha value is -0.480. The number of hydrogen-bond donors (Lipinski definition) is 0. The summed E-state index contributed by atoms with van der Waals surface area (Å²) in [5, 5.41) is 8.39. The van der Waals surface area contributed by atoms with Crippen LogP contribution in [-0.4, -0.2) is 4.98 Å². The summed E-state index contributed by atoms with van der Waals surface area (Å²) in [7, 11) is 0. The average Bonchev–Trinajstić information content (AvgIpc) is 2.01. The summed E-state index contributed by atoms with van der Waals surface area (Å²) in [5.74, 6) is 0. The lowest BCUT2D eigenvalue weighted by atomic mass is 10.2. The van der Waals surface area contributed by atoms with Gasteiger partial charge in [-0.2, -0.15) is 5.26 Å². The molecule has 0 amide bonds. The topological polar surface area (TPSA) is 36.7 Å². The number of aromatic nitrogens is 1. The van der Waals surface area contributed by atoms with E-state index in [-0.39, 0.29) is 10.7 Å². The fourth-order valence-corrected chi connectivity index (χ4v) is 1.80. The molecule has 68 valence electrons. The highest BCUT2D eigenvalue weighted by Crippen LogP contribution is 2.29. The van der Waals surface area contributed by atoms with E-state index in [2.05, 4.69) is 4.98 Å². The van der Waals surface area contributed by atoms with Crippen LogP contribution in [0.2, 0.25) is 5.02 Å². The second kappa shape index (κ2) is 4.15. The van der Waals surface area contributed by atoms with Crippen molar-refractivity contribution in [1.82, 2.24) is 4.98 Å². The first-order valence-electron chi connectivity index (χ1n) is 3.10. The lowest BCUT2D eigenvalue weighted by Gasteiger charge is -2.04. The molecule has 0 aromatic carbocycles. The SMILES string of the molecule is N#Cc1nc(I)cc(Cl)c1C(F)F. The number of pyridine rings is 1. The predicted octanol–water partition coefficient (Wildman–Crippen LogP) is 3.15. The van der Waals surface area contributed by atoms with Crippen LogP contribution in [0.25, 0.3) is 0 Å². The molecule has 2 nitrogen and oxygen atoms in total. The smallest absolute Gasteiger partial charge is 0.231 e. The summed E-state index contributed by atoms with van der Waals surface area (Å²) in [6.07, 6.45) is -2.77. The van der Waals surface area contributed by atoms with Gasteiger partial charge in [-0.25, -0.2) is 13.8 Å². The van der Waals surface area contributed by atoms with Crippen molar-refractivity contribution in [3.8, 4) is 6.07 Å². The summed E-state index contributed by atoms with van der Waals surface area (Å²) in [4.78, 5) is 3.63. The van der Waals surface area contributed by atoms with Gasteiger partial charge < -0.3 is 0 Å². The maximum atomic E-state index is 12.3. The van der Waals surface area contributed by atoms with E-state index in [4.69, 9.17) is 16.9 Å². The normalized spacial score (nSPS) is 10.2. The second-order valence-corrected chi connectivity index (χ2v) is 3.61. The van der Waals surface area contributed by atoms with Gasteiger partial charge >= 0.3 is 0 Å². The molecular weight excluding hydrogens is 312 g/mol. The number of halogens is 4. The molecule has 0 fully saturated rings. The quantitative estimate of drug-likeness (QED) is 0.590. The molecule has 0 bridgehead atoms. The largest absolute Gasteiger partial charge is 0.268 e. The molecule has 6 heteroatoms. The summed E-state index contributed by atoms with van der Waals surface area (Å²) < 4.78 is 25.1. The zero-order valence-corrected chi connectivity index (χ0v) is 8.97. The molecule has 0 saturated carbocycles. The lowest BCUT2D eigenvalue weighted by Crippen LogP contribution is -1.97. The molecule has 0 unspecified atom stereocenters. The van der Waals surface area contributed by atoms with Crippen LogP contribution in [0.1, 0.15) is 17.7 Å². The van der Waals surface area contributed by atoms with Crippen LogP contribution in [0.5, 0.6) is 0 Å². The van der Waals surface area contributed by atoms with Crippen LogP contribution in [-0.2, 0) is 0 Å². The fraction of sp³-hybridized carbons (Fsp3) is 0.143. The van der Waals surface area contributed by atoms with Crippen molar-refractivity contribution in [2.45, 2.75) is 6.43 Å². The maximum absolute atomic E-state index is 12.3. The highest BCUT2D eigenvalue weighted by Gasteiger charge is 2.19. The summed E-state index contributed by atoms with van der Waals surface area (Å²) in [6.45, 7) is 0. The first kappa shape index (κ1) is 10.6. The first-order chi connectivity index (χ1) is 6.06. The Bertz CT molecular complexity index is 375. The number of nitriles is 1. The van der Waals surface area contributed by atoms with Crippen LogP contribution in [0.4, 0.5) is 8.78 Å². The Labute approximate surface area is 91.7 Å². The van der Waals surface area contributed by atoms with E-state index in [9.17, 15) is 8.78 Å². The molecule has 0 aliphatic carbocycles. The van der Waals surface area contributed by atoms with Crippen LogP contribution < -0.4 is 0 Å². The van der Waals surface area contributed by atoms with Gasteiger partial charge in [0.1, 0.15) is 9.77 Å². The third kappa shape index (κ3) is 2.25. The molecule has 1 heterocycles. The molecular formula is C7H2ClF2IN2. The molecule has 0 saturated heterocycles. The minimum atomic E-state index is -2.77. The van der Waals surface area contributed by atoms with E-state index < -0.39 is 12.0 Å². The van der Waals surface area contributed by atoms with Gasteiger partial charge in [0.25, 0.3) is 6.43 Å². The molecule has 0 spiro atoms. The van der Waals surface area contributed by atoms with Crippen LogP contribution in [0.3, 0.4) is 0 Å². The number of rotatable bonds is 1. The fourth-order valence-electron chi connectivity index (χ4n) is 0.788. The van der Waals surface area contributed by atoms with Gasteiger partial charge in [-0.15, -0.1) is 0 Å². The number of hydrogen-bond acceptors (Lipinski definition) is 2. The van der Waals surface area contributed by atoms with Gasteiger partial charge in [0.05, 0.1) is 10.6 Å². The van der Waals surface area contributed by atoms with Crippen LogP contribution in [0, 0.1) is 15.0 Å². The molecule has 13 heavy (non-hydrogen) atoms. The Morgan fingerprint density at radius 3 is 2.69 bits per heavy atom. The van der Waals surface area contributed by atoms with Crippen molar-refractivity contribution >= 4 is 34.2 Å². The molecule has 0 aliphatic rings. The maximum Gasteiger partial charge on any atom is 0.268 e. The van der Waals surface area contributed by atoms with Gasteiger partial charge in [-0.05, 0) is 28.7 Å². The van der Waals surface area contributed by atoms with Crippen molar-refractivity contribution in [3.63, 3.8) is 0 Å². The second-order valence-electron chi connectivity index (χ2n) is 2.10. The van der Waals surface area contributed by atoms with Gasteiger partial charge in [-0.3, -0.25) is 0 Å². The van der Waals surface area contributed by atoms with E-state index >= 15 is 0 Å². The van der Waals surface area contributed by atoms with Crippen molar-refractivity contribution in [3.05, 3.63) is 26.0 Å². The minimum Gasteiger partial charge on any atom is -0.231 e. The molecule has 1 aromatic heterocycles. The molecule has 1 aromatic rings. The zero-order chi connectivity index (χ0) is 10.0. The molecule has 0 atom stereocenters. The van der Waals surface area contributed by atoms with Gasteiger partial charge in [0.15, 0.2) is 5.69 Å². The first-order valence-corrected chi connectivity index (χ1v) is 4.56. The third-order valence-electron chi connectivity index (χ3n) is 1.30. The Balaban J connectivity index is 3.41. The highest BCUT2D eigenvalue weighted by atomic mass is 127. The van der Waals surface area contributed by atoms with E-state index in [0.29, 0.717) is 3.70 Å². The average molecular weight is 314 g/mol.